The lowest BCUT2D eigenvalue weighted by Gasteiger charge is -2.10. The van der Waals surface area contributed by atoms with Gasteiger partial charge in [-0.05, 0) is 25.1 Å². The molecule has 0 heterocycles. The first-order valence-corrected chi connectivity index (χ1v) is 6.19. The Hall–Kier alpha value is -1.47. The average molecular weight is 311 g/mol. The van der Waals surface area contributed by atoms with E-state index in [1.54, 1.807) is 19.1 Å². The van der Waals surface area contributed by atoms with E-state index in [4.69, 9.17) is 16.3 Å². The van der Waals surface area contributed by atoms with Crippen molar-refractivity contribution in [1.29, 1.82) is 0 Å². The third kappa shape index (κ3) is 6.12. The molecule has 0 saturated heterocycles. The van der Waals surface area contributed by atoms with E-state index >= 15 is 0 Å². The fourth-order valence-corrected chi connectivity index (χ4v) is 1.61. The summed E-state index contributed by atoms with van der Waals surface area (Å²) in [6.07, 6.45) is -4.34. The zero-order valence-electron chi connectivity index (χ0n) is 10.7. The van der Waals surface area contributed by atoms with Crippen LogP contribution in [-0.4, -0.2) is 31.8 Å². The average Bonchev–Trinajstić information content (AvgIpc) is 2.31. The first-order chi connectivity index (χ1) is 9.31. The smallest absolute Gasteiger partial charge is 0.401 e. The Labute approximate surface area is 119 Å². The van der Waals surface area contributed by atoms with E-state index in [-0.39, 0.29) is 0 Å². The molecule has 1 rings (SSSR count). The highest BCUT2D eigenvalue weighted by atomic mass is 35.5. The highest BCUT2D eigenvalue weighted by molar-refractivity contribution is 6.32. The fourth-order valence-electron chi connectivity index (χ4n) is 1.37. The number of hydrogen-bond donors (Lipinski definition) is 2. The van der Waals surface area contributed by atoms with Gasteiger partial charge >= 0.3 is 6.18 Å². The number of ether oxygens (including phenoxy) is 1. The van der Waals surface area contributed by atoms with Crippen LogP contribution in [0.15, 0.2) is 18.2 Å². The van der Waals surface area contributed by atoms with E-state index in [1.807, 2.05) is 5.32 Å². The molecule has 1 aromatic carbocycles. The highest BCUT2D eigenvalue weighted by Gasteiger charge is 2.26. The van der Waals surface area contributed by atoms with E-state index in [0.29, 0.717) is 23.1 Å². The van der Waals surface area contributed by atoms with Crippen LogP contribution in [0.3, 0.4) is 0 Å². The number of anilines is 1. The number of carbonyl (C=O) groups excluding carboxylic acids is 1. The Bertz CT molecular complexity index is 467. The van der Waals surface area contributed by atoms with Gasteiger partial charge in [0.25, 0.3) is 0 Å². The topological polar surface area (TPSA) is 50.4 Å². The van der Waals surface area contributed by atoms with Crippen LogP contribution in [0.2, 0.25) is 5.02 Å². The van der Waals surface area contributed by atoms with Gasteiger partial charge in [-0.3, -0.25) is 4.79 Å². The van der Waals surface area contributed by atoms with Gasteiger partial charge in [-0.15, -0.1) is 0 Å². The van der Waals surface area contributed by atoms with Crippen LogP contribution in [0.5, 0.6) is 5.75 Å². The van der Waals surface area contributed by atoms with Gasteiger partial charge in [-0.2, -0.15) is 13.2 Å². The molecule has 1 aromatic rings. The third-order valence-corrected chi connectivity index (χ3v) is 2.42. The minimum Gasteiger partial charge on any atom is -0.492 e. The summed E-state index contributed by atoms with van der Waals surface area (Å²) in [4.78, 5) is 11.4. The minimum absolute atomic E-state index is 0.313. The van der Waals surface area contributed by atoms with Crippen molar-refractivity contribution in [2.75, 3.05) is 25.0 Å². The summed E-state index contributed by atoms with van der Waals surface area (Å²) in [6.45, 7) is 0.597. The number of halogens is 4. The Balaban J connectivity index is 2.48. The van der Waals surface area contributed by atoms with Gasteiger partial charge < -0.3 is 15.4 Å². The second kappa shape index (κ2) is 7.35. The predicted octanol–water partition coefficient (Wildman–Crippen LogP) is 2.83. The molecule has 0 saturated carbocycles. The Kier molecular flexibility index (Phi) is 6.09. The zero-order valence-corrected chi connectivity index (χ0v) is 11.4. The Morgan fingerprint density at radius 3 is 2.65 bits per heavy atom. The van der Waals surface area contributed by atoms with Gasteiger partial charge in [0.2, 0.25) is 5.91 Å². The van der Waals surface area contributed by atoms with Crippen molar-refractivity contribution in [3.05, 3.63) is 23.2 Å². The summed E-state index contributed by atoms with van der Waals surface area (Å²) in [5.41, 5.74) is 0.386. The molecule has 0 bridgehead atoms. The first-order valence-electron chi connectivity index (χ1n) is 5.81. The second-order valence-corrected chi connectivity index (χ2v) is 4.25. The van der Waals surface area contributed by atoms with Crippen LogP contribution in [-0.2, 0) is 4.79 Å². The summed E-state index contributed by atoms with van der Waals surface area (Å²) in [6, 6.07) is 4.59. The van der Waals surface area contributed by atoms with Crippen LogP contribution >= 0.6 is 11.6 Å². The van der Waals surface area contributed by atoms with Crippen LogP contribution in [0.25, 0.3) is 0 Å². The van der Waals surface area contributed by atoms with Crippen LogP contribution < -0.4 is 15.4 Å². The molecule has 0 aliphatic carbocycles. The lowest BCUT2D eigenvalue weighted by molar-refractivity contribution is -0.126. The number of rotatable bonds is 6. The molecule has 0 atom stereocenters. The highest BCUT2D eigenvalue weighted by Crippen LogP contribution is 2.27. The molecular weight excluding hydrogens is 297 g/mol. The van der Waals surface area contributed by atoms with E-state index < -0.39 is 25.2 Å². The molecule has 0 radical (unpaired) electrons. The Morgan fingerprint density at radius 2 is 2.10 bits per heavy atom. The van der Waals surface area contributed by atoms with Crippen molar-refractivity contribution in [1.82, 2.24) is 5.32 Å². The maximum atomic E-state index is 11.9. The minimum atomic E-state index is -4.34. The molecule has 0 aromatic heterocycles. The van der Waals surface area contributed by atoms with Crippen LogP contribution in [0.4, 0.5) is 18.9 Å². The van der Waals surface area contributed by atoms with Gasteiger partial charge in [0, 0.05) is 5.69 Å². The first kappa shape index (κ1) is 16.6. The second-order valence-electron chi connectivity index (χ2n) is 3.85. The number of amides is 1. The van der Waals surface area contributed by atoms with Gasteiger partial charge in [-0.25, -0.2) is 0 Å². The number of carbonyl (C=O) groups is 1. The summed E-state index contributed by atoms with van der Waals surface area (Å²) in [7, 11) is 0. The zero-order chi connectivity index (χ0) is 15.2. The molecular formula is C12H14ClF3N2O2. The normalized spacial score (nSPS) is 11.2. The van der Waals surface area contributed by atoms with Gasteiger partial charge in [-0.1, -0.05) is 11.6 Å². The number of nitrogens with one attached hydrogen (secondary N) is 2. The van der Waals surface area contributed by atoms with Crippen LogP contribution in [0, 0.1) is 0 Å². The van der Waals surface area contributed by atoms with Crippen molar-refractivity contribution >= 4 is 23.2 Å². The van der Waals surface area contributed by atoms with Crippen molar-refractivity contribution in [2.24, 2.45) is 0 Å². The lowest BCUT2D eigenvalue weighted by atomic mass is 10.3. The van der Waals surface area contributed by atoms with Gasteiger partial charge in [0.15, 0.2) is 0 Å². The molecule has 0 aliphatic heterocycles. The van der Waals surface area contributed by atoms with E-state index in [1.165, 1.54) is 6.07 Å². The van der Waals surface area contributed by atoms with Crippen molar-refractivity contribution in [2.45, 2.75) is 13.1 Å². The summed E-state index contributed by atoms with van der Waals surface area (Å²) in [5.74, 6) is -0.114. The SMILES string of the molecule is CCOc1ccc(NC(=O)CNCC(F)(F)F)cc1Cl. The molecule has 2 N–H and O–H groups in total. The molecule has 0 fully saturated rings. The molecule has 1 amide bonds. The molecule has 20 heavy (non-hydrogen) atoms. The van der Waals surface area contributed by atoms with E-state index in [0.717, 1.165) is 0 Å². The summed E-state index contributed by atoms with van der Waals surface area (Å²) >= 11 is 5.92. The molecule has 4 nitrogen and oxygen atoms in total. The fraction of sp³-hybridized carbons (Fsp3) is 0.417. The summed E-state index contributed by atoms with van der Waals surface area (Å²) in [5, 5.41) is 4.74. The lowest BCUT2D eigenvalue weighted by Crippen LogP contribution is -2.35. The van der Waals surface area contributed by atoms with Crippen molar-refractivity contribution in [3.8, 4) is 5.75 Å². The number of benzene rings is 1. The standard InChI is InChI=1S/C12H14ClF3N2O2/c1-2-20-10-4-3-8(5-9(10)13)18-11(19)6-17-7-12(14,15)16/h3-5,17H,2,6-7H2,1H3,(H,18,19). The molecule has 0 aliphatic rings. The van der Waals surface area contributed by atoms with Crippen LogP contribution in [0.1, 0.15) is 6.92 Å². The molecule has 0 spiro atoms. The van der Waals surface area contributed by atoms with E-state index in [2.05, 4.69) is 5.32 Å². The molecule has 0 unspecified atom stereocenters. The number of hydrogen-bond acceptors (Lipinski definition) is 3. The largest absolute Gasteiger partial charge is 0.492 e. The van der Waals surface area contributed by atoms with E-state index in [9.17, 15) is 18.0 Å². The molecule has 112 valence electrons. The monoisotopic (exact) mass is 310 g/mol. The Morgan fingerprint density at radius 1 is 1.40 bits per heavy atom. The third-order valence-electron chi connectivity index (χ3n) is 2.13. The predicted molar refractivity (Wildman–Crippen MR) is 70.2 cm³/mol. The van der Waals surface area contributed by atoms with Crippen molar-refractivity contribution < 1.29 is 22.7 Å². The maximum Gasteiger partial charge on any atom is 0.401 e. The van der Waals surface area contributed by atoms with Gasteiger partial charge in [0.05, 0.1) is 24.7 Å². The maximum absolute atomic E-state index is 11.9. The summed E-state index contributed by atoms with van der Waals surface area (Å²) < 4.78 is 40.8. The number of alkyl halides is 3. The van der Waals surface area contributed by atoms with Crippen molar-refractivity contribution in [3.63, 3.8) is 0 Å². The quantitative estimate of drug-likeness (QED) is 0.849. The molecule has 8 heteroatoms. The van der Waals surface area contributed by atoms with Gasteiger partial charge in [0.1, 0.15) is 5.75 Å².